The van der Waals surface area contributed by atoms with E-state index < -0.39 is 5.60 Å². The molecule has 1 aromatic rings. The predicted octanol–water partition coefficient (Wildman–Crippen LogP) is 4.45. The maximum Gasteiger partial charge on any atom is 0.310 e. The highest BCUT2D eigenvalue weighted by molar-refractivity contribution is 7.08. The van der Waals surface area contributed by atoms with Gasteiger partial charge in [0, 0.05) is 5.56 Å². The lowest BCUT2D eigenvalue weighted by atomic mass is 9.76. The van der Waals surface area contributed by atoms with Crippen molar-refractivity contribution in [3.63, 3.8) is 0 Å². The van der Waals surface area contributed by atoms with Crippen molar-refractivity contribution < 1.29 is 9.53 Å². The van der Waals surface area contributed by atoms with Crippen molar-refractivity contribution >= 4 is 17.3 Å². The minimum absolute atomic E-state index is 0.0208. The summed E-state index contributed by atoms with van der Waals surface area (Å²) in [6.45, 7) is 8.63. The van der Waals surface area contributed by atoms with Crippen LogP contribution in [0.1, 0.15) is 46.1 Å². The van der Waals surface area contributed by atoms with Crippen LogP contribution >= 0.6 is 11.3 Å². The second kappa shape index (κ2) is 4.87. The summed E-state index contributed by atoms with van der Waals surface area (Å²) in [6.07, 6.45) is 2.26. The third-order valence-electron chi connectivity index (χ3n) is 5.77. The largest absolute Gasteiger partial charge is 0.455 e. The maximum absolute atomic E-state index is 12.6. The minimum atomic E-state index is -0.506. The third-order valence-corrected chi connectivity index (χ3v) is 6.45. The van der Waals surface area contributed by atoms with Crippen LogP contribution in [0.5, 0.6) is 0 Å². The van der Waals surface area contributed by atoms with E-state index in [1.54, 1.807) is 11.3 Å². The molecule has 2 aliphatic rings. The smallest absolute Gasteiger partial charge is 0.310 e. The molecule has 2 nitrogen and oxygen atoms in total. The Morgan fingerprint density at radius 1 is 1.30 bits per heavy atom. The number of ether oxygens (including phenoxy) is 1. The SMILES string of the molecule is CC1C2CC(C(=O)OC(C)(C)c3ccsc3)C(C2)C1C. The number of carbonyl (C=O) groups excluding carboxylic acids is 1. The molecule has 5 unspecified atom stereocenters. The number of thiophene rings is 1. The lowest BCUT2D eigenvalue weighted by molar-refractivity contribution is -0.165. The molecule has 0 amide bonds. The van der Waals surface area contributed by atoms with Crippen molar-refractivity contribution in [2.45, 2.75) is 46.1 Å². The van der Waals surface area contributed by atoms with Crippen molar-refractivity contribution in [3.8, 4) is 0 Å². The number of esters is 1. The standard InChI is InChI=1S/C17H24O2S/c1-10-11(2)14-7-12(10)8-15(14)16(18)19-17(3,4)13-5-6-20-9-13/h5-6,9-12,14-15H,7-8H2,1-4H3. The van der Waals surface area contributed by atoms with Gasteiger partial charge in [-0.2, -0.15) is 11.3 Å². The molecule has 0 saturated heterocycles. The van der Waals surface area contributed by atoms with Crippen LogP contribution in [0, 0.1) is 29.6 Å². The Morgan fingerprint density at radius 2 is 2.05 bits per heavy atom. The fraction of sp³-hybridized carbons (Fsp3) is 0.706. The van der Waals surface area contributed by atoms with Crippen molar-refractivity contribution in [2.24, 2.45) is 29.6 Å². The van der Waals surface area contributed by atoms with E-state index in [-0.39, 0.29) is 11.9 Å². The first kappa shape index (κ1) is 14.1. The van der Waals surface area contributed by atoms with Gasteiger partial charge in [-0.25, -0.2) is 0 Å². The summed E-state index contributed by atoms with van der Waals surface area (Å²) in [6, 6.07) is 2.05. The molecule has 3 heteroatoms. The quantitative estimate of drug-likeness (QED) is 0.769. The van der Waals surface area contributed by atoms with E-state index in [0.717, 1.165) is 23.8 Å². The molecule has 0 radical (unpaired) electrons. The van der Waals surface area contributed by atoms with E-state index >= 15 is 0 Å². The van der Waals surface area contributed by atoms with Crippen LogP contribution in [0.25, 0.3) is 0 Å². The Labute approximate surface area is 125 Å². The minimum Gasteiger partial charge on any atom is -0.455 e. The molecule has 2 bridgehead atoms. The number of hydrogen-bond acceptors (Lipinski definition) is 3. The third kappa shape index (κ3) is 2.20. The van der Waals surface area contributed by atoms with Gasteiger partial charge in [-0.15, -0.1) is 0 Å². The molecule has 0 N–H and O–H groups in total. The zero-order chi connectivity index (χ0) is 14.5. The highest BCUT2D eigenvalue weighted by Gasteiger charge is 2.52. The number of fused-ring (bicyclic) bond motifs is 2. The molecule has 1 heterocycles. The van der Waals surface area contributed by atoms with Crippen molar-refractivity contribution in [2.75, 3.05) is 0 Å². The maximum atomic E-state index is 12.6. The number of hydrogen-bond donors (Lipinski definition) is 0. The van der Waals surface area contributed by atoms with E-state index in [0.29, 0.717) is 11.8 Å². The first-order chi connectivity index (χ1) is 9.40. The van der Waals surface area contributed by atoms with Gasteiger partial charge in [-0.05, 0) is 67.2 Å². The Kier molecular flexibility index (Phi) is 3.44. The molecular formula is C17H24O2S. The Morgan fingerprint density at radius 3 is 2.60 bits per heavy atom. The average Bonchev–Trinajstić information content (AvgIpc) is 3.08. The second-order valence-electron chi connectivity index (χ2n) is 7.16. The van der Waals surface area contributed by atoms with Gasteiger partial charge in [0.15, 0.2) is 0 Å². The van der Waals surface area contributed by atoms with Crippen molar-refractivity contribution in [1.29, 1.82) is 0 Å². The average molecular weight is 292 g/mol. The normalized spacial score (nSPS) is 36.3. The summed E-state index contributed by atoms with van der Waals surface area (Å²) in [4.78, 5) is 12.6. The first-order valence-electron chi connectivity index (χ1n) is 7.65. The summed E-state index contributed by atoms with van der Waals surface area (Å²) >= 11 is 1.65. The van der Waals surface area contributed by atoms with Crippen LogP contribution in [0.3, 0.4) is 0 Å². The summed E-state index contributed by atoms with van der Waals surface area (Å²) in [7, 11) is 0. The Bertz CT molecular complexity index is 489. The summed E-state index contributed by atoms with van der Waals surface area (Å²) < 4.78 is 5.87. The van der Waals surface area contributed by atoms with Crippen LogP contribution in [0.15, 0.2) is 16.8 Å². The van der Waals surface area contributed by atoms with Gasteiger partial charge in [0.2, 0.25) is 0 Å². The lowest BCUT2D eigenvalue weighted by Crippen LogP contribution is -2.35. The molecule has 2 saturated carbocycles. The van der Waals surface area contributed by atoms with E-state index in [1.807, 2.05) is 25.3 Å². The summed E-state index contributed by atoms with van der Waals surface area (Å²) in [5.41, 5.74) is 0.591. The van der Waals surface area contributed by atoms with E-state index in [4.69, 9.17) is 4.74 Å². The molecule has 2 aliphatic carbocycles. The van der Waals surface area contributed by atoms with Crippen molar-refractivity contribution in [1.82, 2.24) is 0 Å². The first-order valence-corrected chi connectivity index (χ1v) is 8.60. The highest BCUT2D eigenvalue weighted by Crippen LogP contribution is 2.55. The topological polar surface area (TPSA) is 26.3 Å². The van der Waals surface area contributed by atoms with Crippen LogP contribution in [0.2, 0.25) is 0 Å². The van der Waals surface area contributed by atoms with Gasteiger partial charge in [-0.3, -0.25) is 4.79 Å². The lowest BCUT2D eigenvalue weighted by Gasteiger charge is -2.33. The van der Waals surface area contributed by atoms with Crippen LogP contribution in [0.4, 0.5) is 0 Å². The fourth-order valence-electron chi connectivity index (χ4n) is 4.20. The summed E-state index contributed by atoms with van der Waals surface area (Å²) in [5.74, 6) is 2.86. The molecule has 0 aliphatic heterocycles. The molecule has 5 atom stereocenters. The number of carbonyl (C=O) groups is 1. The zero-order valence-electron chi connectivity index (χ0n) is 12.8. The van der Waals surface area contributed by atoms with Crippen LogP contribution < -0.4 is 0 Å². The molecule has 0 spiro atoms. The Hall–Kier alpha value is -0.830. The summed E-state index contributed by atoms with van der Waals surface area (Å²) in [5, 5.41) is 4.10. The predicted molar refractivity (Wildman–Crippen MR) is 81.5 cm³/mol. The van der Waals surface area contributed by atoms with Gasteiger partial charge >= 0.3 is 5.97 Å². The van der Waals surface area contributed by atoms with Gasteiger partial charge in [0.1, 0.15) is 5.60 Å². The molecular weight excluding hydrogens is 268 g/mol. The number of rotatable bonds is 3. The second-order valence-corrected chi connectivity index (χ2v) is 7.94. The van der Waals surface area contributed by atoms with E-state index in [2.05, 4.69) is 19.2 Å². The Balaban J connectivity index is 1.69. The van der Waals surface area contributed by atoms with Gasteiger partial charge in [-0.1, -0.05) is 13.8 Å². The molecule has 110 valence electrons. The van der Waals surface area contributed by atoms with Gasteiger partial charge < -0.3 is 4.74 Å². The van der Waals surface area contributed by atoms with Gasteiger partial charge in [0.25, 0.3) is 0 Å². The molecule has 1 aromatic heterocycles. The highest BCUT2D eigenvalue weighted by atomic mass is 32.1. The molecule has 3 rings (SSSR count). The molecule has 0 aromatic carbocycles. The van der Waals surface area contributed by atoms with E-state index in [1.165, 1.54) is 6.42 Å². The van der Waals surface area contributed by atoms with Crippen LogP contribution in [-0.2, 0) is 15.1 Å². The van der Waals surface area contributed by atoms with Crippen LogP contribution in [-0.4, -0.2) is 5.97 Å². The monoisotopic (exact) mass is 292 g/mol. The fourth-order valence-corrected chi connectivity index (χ4v) is 5.02. The van der Waals surface area contributed by atoms with Gasteiger partial charge in [0.05, 0.1) is 5.92 Å². The molecule has 2 fully saturated rings. The molecule has 20 heavy (non-hydrogen) atoms. The van der Waals surface area contributed by atoms with E-state index in [9.17, 15) is 4.79 Å². The van der Waals surface area contributed by atoms with Crippen molar-refractivity contribution in [3.05, 3.63) is 22.4 Å². The zero-order valence-corrected chi connectivity index (χ0v) is 13.6.